The Balaban J connectivity index is 2.26. The SMILES string of the molecule is CCCc1cc(NS(=O)(=O)c2c(C)noc2C)n[nH]1. The van der Waals surface area contributed by atoms with E-state index in [0.29, 0.717) is 5.69 Å². The van der Waals surface area contributed by atoms with E-state index in [0.717, 1.165) is 18.5 Å². The van der Waals surface area contributed by atoms with Gasteiger partial charge in [0, 0.05) is 11.8 Å². The summed E-state index contributed by atoms with van der Waals surface area (Å²) < 4.78 is 31.7. The summed E-state index contributed by atoms with van der Waals surface area (Å²) in [7, 11) is -3.72. The molecule has 0 fully saturated rings. The highest BCUT2D eigenvalue weighted by Gasteiger charge is 2.24. The van der Waals surface area contributed by atoms with Crippen molar-refractivity contribution in [3.8, 4) is 0 Å². The zero-order chi connectivity index (χ0) is 14.0. The molecule has 0 bridgehead atoms. The van der Waals surface area contributed by atoms with E-state index in [2.05, 4.69) is 20.1 Å². The molecular weight excluding hydrogens is 268 g/mol. The third-order valence-electron chi connectivity index (χ3n) is 2.63. The molecule has 104 valence electrons. The lowest BCUT2D eigenvalue weighted by molar-refractivity contribution is 0.390. The molecule has 2 aromatic heterocycles. The van der Waals surface area contributed by atoms with Crippen molar-refractivity contribution in [2.24, 2.45) is 0 Å². The molecule has 0 aliphatic heterocycles. The van der Waals surface area contributed by atoms with E-state index in [4.69, 9.17) is 4.52 Å². The van der Waals surface area contributed by atoms with Crippen LogP contribution < -0.4 is 4.72 Å². The fourth-order valence-corrected chi connectivity index (χ4v) is 3.18. The van der Waals surface area contributed by atoms with Crippen LogP contribution in [0.25, 0.3) is 0 Å². The van der Waals surface area contributed by atoms with E-state index >= 15 is 0 Å². The second-order valence-corrected chi connectivity index (χ2v) is 5.91. The molecule has 19 heavy (non-hydrogen) atoms. The highest BCUT2D eigenvalue weighted by Crippen LogP contribution is 2.21. The fraction of sp³-hybridized carbons (Fsp3) is 0.455. The van der Waals surface area contributed by atoms with Crippen LogP contribution in [-0.2, 0) is 16.4 Å². The van der Waals surface area contributed by atoms with Crippen molar-refractivity contribution < 1.29 is 12.9 Å². The van der Waals surface area contributed by atoms with Gasteiger partial charge in [-0.3, -0.25) is 9.82 Å². The Morgan fingerprint density at radius 1 is 1.42 bits per heavy atom. The molecule has 0 unspecified atom stereocenters. The minimum Gasteiger partial charge on any atom is -0.360 e. The van der Waals surface area contributed by atoms with Crippen LogP contribution in [0.15, 0.2) is 15.5 Å². The number of aromatic nitrogens is 3. The van der Waals surface area contributed by atoms with Crippen LogP contribution in [0.4, 0.5) is 5.82 Å². The summed E-state index contributed by atoms with van der Waals surface area (Å²) in [5.41, 5.74) is 1.22. The van der Waals surface area contributed by atoms with Gasteiger partial charge in [-0.05, 0) is 20.3 Å². The predicted molar refractivity (Wildman–Crippen MR) is 69.4 cm³/mol. The zero-order valence-electron chi connectivity index (χ0n) is 11.0. The topological polar surface area (TPSA) is 101 Å². The van der Waals surface area contributed by atoms with Gasteiger partial charge < -0.3 is 4.52 Å². The minimum absolute atomic E-state index is 0.0625. The summed E-state index contributed by atoms with van der Waals surface area (Å²) in [6.45, 7) is 5.17. The molecular formula is C11H16N4O3S. The Morgan fingerprint density at radius 3 is 2.74 bits per heavy atom. The molecule has 0 atom stereocenters. The average Bonchev–Trinajstić information content (AvgIpc) is 2.86. The average molecular weight is 284 g/mol. The van der Waals surface area contributed by atoms with Crippen LogP contribution in [0.2, 0.25) is 0 Å². The molecule has 7 nitrogen and oxygen atoms in total. The van der Waals surface area contributed by atoms with Crippen LogP contribution in [0.1, 0.15) is 30.5 Å². The van der Waals surface area contributed by atoms with Gasteiger partial charge in [0.1, 0.15) is 5.69 Å². The number of sulfonamides is 1. The molecule has 2 N–H and O–H groups in total. The minimum atomic E-state index is -3.72. The van der Waals surface area contributed by atoms with E-state index in [1.807, 2.05) is 6.92 Å². The van der Waals surface area contributed by atoms with Crippen molar-refractivity contribution in [2.75, 3.05) is 4.72 Å². The number of rotatable bonds is 5. The summed E-state index contributed by atoms with van der Waals surface area (Å²) in [6.07, 6.45) is 1.78. The number of hydrogen-bond acceptors (Lipinski definition) is 5. The second kappa shape index (κ2) is 5.04. The van der Waals surface area contributed by atoms with Gasteiger partial charge in [0.05, 0.1) is 0 Å². The summed E-state index contributed by atoms with van der Waals surface area (Å²) in [5, 5.41) is 10.3. The summed E-state index contributed by atoms with van der Waals surface area (Å²) in [6, 6.07) is 1.68. The van der Waals surface area contributed by atoms with Gasteiger partial charge in [-0.1, -0.05) is 18.5 Å². The first-order valence-electron chi connectivity index (χ1n) is 5.94. The van der Waals surface area contributed by atoms with Crippen molar-refractivity contribution in [3.05, 3.63) is 23.2 Å². The molecule has 0 amide bonds. The molecule has 0 saturated carbocycles. The van der Waals surface area contributed by atoms with Gasteiger partial charge in [-0.15, -0.1) is 0 Å². The maximum Gasteiger partial charge on any atom is 0.268 e. The third kappa shape index (κ3) is 2.78. The first kappa shape index (κ1) is 13.6. The van der Waals surface area contributed by atoms with Crippen LogP contribution in [0.3, 0.4) is 0 Å². The first-order chi connectivity index (χ1) is 8.94. The molecule has 0 radical (unpaired) electrons. The van der Waals surface area contributed by atoms with E-state index in [9.17, 15) is 8.42 Å². The first-order valence-corrected chi connectivity index (χ1v) is 7.42. The lowest BCUT2D eigenvalue weighted by Gasteiger charge is -2.03. The molecule has 0 spiro atoms. The fourth-order valence-electron chi connectivity index (χ4n) is 1.86. The van der Waals surface area contributed by atoms with Crippen molar-refractivity contribution in [1.82, 2.24) is 15.4 Å². The lowest BCUT2D eigenvalue weighted by Crippen LogP contribution is -2.14. The quantitative estimate of drug-likeness (QED) is 0.871. The van der Waals surface area contributed by atoms with Gasteiger partial charge >= 0.3 is 0 Å². The standard InChI is InChI=1S/C11H16N4O3S/c1-4-5-9-6-10(13-12-9)15-19(16,17)11-7(2)14-18-8(11)3/h6H,4-5H2,1-3H3,(H2,12,13,15). The monoisotopic (exact) mass is 284 g/mol. The smallest absolute Gasteiger partial charge is 0.268 e. The molecule has 0 aliphatic carbocycles. The van der Waals surface area contributed by atoms with Gasteiger partial charge in [0.2, 0.25) is 0 Å². The number of nitrogens with one attached hydrogen (secondary N) is 2. The summed E-state index contributed by atoms with van der Waals surface area (Å²) in [4.78, 5) is 0.0625. The Hall–Kier alpha value is -1.83. The Bertz CT molecular complexity index is 652. The molecule has 0 aromatic carbocycles. The van der Waals surface area contributed by atoms with Crippen LogP contribution in [-0.4, -0.2) is 23.8 Å². The highest BCUT2D eigenvalue weighted by molar-refractivity contribution is 7.92. The number of aryl methyl sites for hydroxylation is 3. The lowest BCUT2D eigenvalue weighted by atomic mass is 10.2. The van der Waals surface area contributed by atoms with Crippen molar-refractivity contribution in [2.45, 2.75) is 38.5 Å². The van der Waals surface area contributed by atoms with Crippen molar-refractivity contribution in [1.29, 1.82) is 0 Å². The molecule has 0 aliphatic rings. The van der Waals surface area contributed by atoms with E-state index in [1.54, 1.807) is 19.9 Å². The van der Waals surface area contributed by atoms with Gasteiger partial charge in [-0.25, -0.2) is 8.42 Å². The Labute approximate surface area is 111 Å². The highest BCUT2D eigenvalue weighted by atomic mass is 32.2. The maximum absolute atomic E-state index is 12.2. The van der Waals surface area contributed by atoms with Gasteiger partial charge in [0.15, 0.2) is 16.5 Å². The van der Waals surface area contributed by atoms with Gasteiger partial charge in [0.25, 0.3) is 10.0 Å². The number of aromatic amines is 1. The van der Waals surface area contributed by atoms with Crippen LogP contribution >= 0.6 is 0 Å². The Kier molecular flexibility index (Phi) is 3.61. The van der Waals surface area contributed by atoms with Crippen LogP contribution in [0, 0.1) is 13.8 Å². The second-order valence-electron chi connectivity index (χ2n) is 4.29. The number of hydrogen-bond donors (Lipinski definition) is 2. The predicted octanol–water partition coefficient (Wildman–Crippen LogP) is 1.77. The maximum atomic E-state index is 12.2. The molecule has 2 heterocycles. The van der Waals surface area contributed by atoms with Crippen LogP contribution in [0.5, 0.6) is 0 Å². The van der Waals surface area contributed by atoms with Crippen molar-refractivity contribution in [3.63, 3.8) is 0 Å². The number of anilines is 1. The number of H-pyrrole nitrogens is 1. The Morgan fingerprint density at radius 2 is 2.16 bits per heavy atom. The molecule has 2 aromatic rings. The third-order valence-corrected chi connectivity index (χ3v) is 4.22. The van der Waals surface area contributed by atoms with E-state index in [-0.39, 0.29) is 16.5 Å². The van der Waals surface area contributed by atoms with Gasteiger partial charge in [-0.2, -0.15) is 5.10 Å². The summed E-state index contributed by atoms with van der Waals surface area (Å²) >= 11 is 0. The number of nitrogens with zero attached hydrogens (tertiary/aromatic N) is 2. The van der Waals surface area contributed by atoms with Crippen molar-refractivity contribution >= 4 is 15.8 Å². The normalized spacial score (nSPS) is 11.7. The van der Waals surface area contributed by atoms with E-state index in [1.165, 1.54) is 0 Å². The molecule has 2 rings (SSSR count). The summed E-state index contributed by atoms with van der Waals surface area (Å²) in [5.74, 6) is 0.526. The largest absolute Gasteiger partial charge is 0.360 e. The molecule has 8 heteroatoms. The van der Waals surface area contributed by atoms with E-state index < -0.39 is 10.0 Å². The molecule has 0 saturated heterocycles. The zero-order valence-corrected chi connectivity index (χ0v) is 11.8.